The van der Waals surface area contributed by atoms with Crippen LogP contribution in [0.1, 0.15) is 31.0 Å². The first-order valence-electron chi connectivity index (χ1n) is 6.75. The van der Waals surface area contributed by atoms with E-state index in [1.807, 2.05) is 0 Å². The van der Waals surface area contributed by atoms with E-state index in [0.29, 0.717) is 11.3 Å². The fourth-order valence-electron chi connectivity index (χ4n) is 2.42. The molecule has 1 heterocycles. The lowest BCUT2D eigenvalue weighted by Gasteiger charge is -2.38. The molecule has 2 rings (SSSR count). The Balaban J connectivity index is 1.98. The quantitative estimate of drug-likeness (QED) is 0.910. The van der Waals surface area contributed by atoms with Crippen LogP contribution in [0.2, 0.25) is 0 Å². The van der Waals surface area contributed by atoms with Crippen LogP contribution in [0.5, 0.6) is 0 Å². The van der Waals surface area contributed by atoms with Crippen molar-refractivity contribution in [3.63, 3.8) is 0 Å². The molecule has 1 aliphatic heterocycles. The number of hydrogen-bond acceptors (Lipinski definition) is 3. The minimum Gasteiger partial charge on any atom is -0.323 e. The van der Waals surface area contributed by atoms with Crippen LogP contribution in [0, 0.1) is 6.92 Å². The van der Waals surface area contributed by atoms with Gasteiger partial charge in [0.2, 0.25) is 0 Å². The molecule has 3 unspecified atom stereocenters. The fraction of sp³-hybridized carbons (Fsp3) is 0.600. The second-order valence-electron chi connectivity index (χ2n) is 5.33. The average molecular weight is 264 g/mol. The van der Waals surface area contributed by atoms with Crippen LogP contribution in [0.15, 0.2) is 24.3 Å². The highest BCUT2D eigenvalue weighted by Crippen LogP contribution is 2.25. The molecule has 0 aromatic heterocycles. The molecule has 3 atom stereocenters. The summed E-state index contributed by atoms with van der Waals surface area (Å²) in [6, 6.07) is 9.36. The SMILES string of the molecule is Cc1ccc(C(N)CN2CCSC(C)C2C)cc1. The normalized spacial score (nSPS) is 27.1. The molecule has 1 aromatic carbocycles. The molecule has 3 heteroatoms. The summed E-state index contributed by atoms with van der Waals surface area (Å²) in [5.74, 6) is 1.23. The van der Waals surface area contributed by atoms with E-state index >= 15 is 0 Å². The molecule has 0 spiro atoms. The van der Waals surface area contributed by atoms with Crippen LogP contribution in [0.4, 0.5) is 0 Å². The maximum absolute atomic E-state index is 6.34. The summed E-state index contributed by atoms with van der Waals surface area (Å²) < 4.78 is 0. The minimum atomic E-state index is 0.128. The van der Waals surface area contributed by atoms with Gasteiger partial charge < -0.3 is 5.73 Å². The zero-order chi connectivity index (χ0) is 13.1. The van der Waals surface area contributed by atoms with E-state index in [4.69, 9.17) is 5.73 Å². The number of thioether (sulfide) groups is 1. The largest absolute Gasteiger partial charge is 0.323 e. The van der Waals surface area contributed by atoms with E-state index in [1.54, 1.807) is 0 Å². The second kappa shape index (κ2) is 6.09. The van der Waals surface area contributed by atoms with Gasteiger partial charge in [0.15, 0.2) is 0 Å². The Hall–Kier alpha value is -0.510. The van der Waals surface area contributed by atoms with Gasteiger partial charge >= 0.3 is 0 Å². The number of hydrogen-bond donors (Lipinski definition) is 1. The van der Waals surface area contributed by atoms with E-state index in [9.17, 15) is 0 Å². The van der Waals surface area contributed by atoms with Crippen LogP contribution >= 0.6 is 11.8 Å². The van der Waals surface area contributed by atoms with Crippen molar-refractivity contribution >= 4 is 11.8 Å². The zero-order valence-electron chi connectivity index (χ0n) is 11.6. The van der Waals surface area contributed by atoms with E-state index in [0.717, 1.165) is 13.1 Å². The smallest absolute Gasteiger partial charge is 0.0424 e. The van der Waals surface area contributed by atoms with Gasteiger partial charge in [-0.05, 0) is 19.4 Å². The molecule has 1 aliphatic rings. The Morgan fingerprint density at radius 1 is 1.33 bits per heavy atom. The predicted octanol–water partition coefficient (Wildman–Crippen LogP) is 2.82. The first-order valence-corrected chi connectivity index (χ1v) is 7.80. The number of rotatable bonds is 3. The highest BCUT2D eigenvalue weighted by Gasteiger charge is 2.26. The Bertz CT molecular complexity index is 377. The summed E-state index contributed by atoms with van der Waals surface area (Å²) in [5.41, 5.74) is 8.88. The maximum Gasteiger partial charge on any atom is 0.0424 e. The molecular formula is C15H24N2S. The van der Waals surface area contributed by atoms with Gasteiger partial charge in [0.05, 0.1) is 0 Å². The summed E-state index contributed by atoms with van der Waals surface area (Å²) in [5, 5.41) is 0.712. The number of aryl methyl sites for hydroxylation is 1. The minimum absolute atomic E-state index is 0.128. The molecule has 1 fully saturated rings. The fourth-order valence-corrected chi connectivity index (χ4v) is 3.59. The van der Waals surface area contributed by atoms with Crippen LogP contribution < -0.4 is 5.73 Å². The third-order valence-electron chi connectivity index (χ3n) is 3.95. The first-order chi connectivity index (χ1) is 8.58. The van der Waals surface area contributed by atoms with E-state index in [2.05, 4.69) is 61.7 Å². The molecule has 0 radical (unpaired) electrons. The van der Waals surface area contributed by atoms with Crippen molar-refractivity contribution in [3.8, 4) is 0 Å². The molecular weight excluding hydrogens is 240 g/mol. The molecule has 18 heavy (non-hydrogen) atoms. The van der Waals surface area contributed by atoms with Gasteiger partial charge in [-0.25, -0.2) is 0 Å². The molecule has 0 aliphatic carbocycles. The molecule has 2 N–H and O–H groups in total. The summed E-state index contributed by atoms with van der Waals surface area (Å²) in [6.07, 6.45) is 0. The first kappa shape index (κ1) is 13.9. The topological polar surface area (TPSA) is 29.3 Å². The molecule has 0 bridgehead atoms. The van der Waals surface area contributed by atoms with Crippen LogP contribution in [0.25, 0.3) is 0 Å². The average Bonchev–Trinajstić information content (AvgIpc) is 2.36. The molecule has 1 saturated heterocycles. The zero-order valence-corrected chi connectivity index (χ0v) is 12.4. The molecule has 100 valence electrons. The third kappa shape index (κ3) is 3.28. The van der Waals surface area contributed by atoms with Crippen molar-refractivity contribution in [2.45, 2.75) is 38.1 Å². The highest BCUT2D eigenvalue weighted by molar-refractivity contribution is 8.00. The van der Waals surface area contributed by atoms with Crippen LogP contribution in [-0.4, -0.2) is 35.0 Å². The van der Waals surface area contributed by atoms with Gasteiger partial charge in [-0.15, -0.1) is 0 Å². The van der Waals surface area contributed by atoms with E-state index in [-0.39, 0.29) is 6.04 Å². The van der Waals surface area contributed by atoms with Crippen molar-refractivity contribution < 1.29 is 0 Å². The summed E-state index contributed by atoms with van der Waals surface area (Å²) in [4.78, 5) is 2.53. The van der Waals surface area contributed by atoms with E-state index in [1.165, 1.54) is 16.9 Å². The van der Waals surface area contributed by atoms with E-state index < -0.39 is 0 Å². The van der Waals surface area contributed by atoms with Gasteiger partial charge in [0.1, 0.15) is 0 Å². The lowest BCUT2D eigenvalue weighted by atomic mass is 10.0. The number of nitrogens with two attached hydrogens (primary N) is 1. The van der Waals surface area contributed by atoms with Crippen molar-refractivity contribution in [1.29, 1.82) is 0 Å². The Morgan fingerprint density at radius 3 is 2.67 bits per heavy atom. The Morgan fingerprint density at radius 2 is 2.00 bits per heavy atom. The lowest BCUT2D eigenvalue weighted by molar-refractivity contribution is 0.201. The molecule has 0 saturated carbocycles. The number of nitrogens with zero attached hydrogens (tertiary/aromatic N) is 1. The summed E-state index contributed by atoms with van der Waals surface area (Å²) >= 11 is 2.07. The maximum atomic E-state index is 6.34. The Kier molecular flexibility index (Phi) is 4.71. The Labute approximate surface area is 115 Å². The van der Waals surface area contributed by atoms with Gasteiger partial charge in [-0.3, -0.25) is 4.90 Å². The van der Waals surface area contributed by atoms with Crippen molar-refractivity contribution in [3.05, 3.63) is 35.4 Å². The van der Waals surface area contributed by atoms with Gasteiger partial charge in [-0.1, -0.05) is 36.8 Å². The van der Waals surface area contributed by atoms with Gasteiger partial charge in [0, 0.05) is 36.2 Å². The lowest BCUT2D eigenvalue weighted by Crippen LogP contribution is -2.47. The van der Waals surface area contributed by atoms with Gasteiger partial charge in [0.25, 0.3) is 0 Å². The molecule has 2 nitrogen and oxygen atoms in total. The molecule has 1 aromatic rings. The number of benzene rings is 1. The van der Waals surface area contributed by atoms with Gasteiger partial charge in [-0.2, -0.15) is 11.8 Å². The molecule has 0 amide bonds. The summed E-state index contributed by atoms with van der Waals surface area (Å²) in [7, 11) is 0. The van der Waals surface area contributed by atoms with Crippen LogP contribution in [0.3, 0.4) is 0 Å². The summed E-state index contributed by atoms with van der Waals surface area (Å²) in [6.45, 7) is 8.88. The predicted molar refractivity (Wildman–Crippen MR) is 81.1 cm³/mol. The standard InChI is InChI=1S/C15H24N2S/c1-11-4-6-14(7-5-11)15(16)10-17-8-9-18-13(3)12(17)2/h4-7,12-13,15H,8-10,16H2,1-3H3. The monoisotopic (exact) mass is 264 g/mol. The van der Waals surface area contributed by atoms with Crippen molar-refractivity contribution in [2.24, 2.45) is 5.73 Å². The van der Waals surface area contributed by atoms with Crippen molar-refractivity contribution in [1.82, 2.24) is 4.90 Å². The highest BCUT2D eigenvalue weighted by atomic mass is 32.2. The third-order valence-corrected chi connectivity index (χ3v) is 5.29. The van der Waals surface area contributed by atoms with Crippen LogP contribution in [-0.2, 0) is 0 Å². The van der Waals surface area contributed by atoms with Crippen molar-refractivity contribution in [2.75, 3.05) is 18.8 Å². The second-order valence-corrected chi connectivity index (χ2v) is 6.81.